The Balaban J connectivity index is 1.56. The van der Waals surface area contributed by atoms with Gasteiger partial charge in [-0.2, -0.15) is 17.0 Å². The molecular weight excluding hydrogens is 286 g/mol. The van der Waals surface area contributed by atoms with Crippen LogP contribution >= 0.6 is 0 Å². The Bertz CT molecular complexity index is 450. The van der Waals surface area contributed by atoms with Gasteiger partial charge in [0.15, 0.2) is 0 Å². The lowest BCUT2D eigenvalue weighted by molar-refractivity contribution is 0.245. The van der Waals surface area contributed by atoms with Crippen LogP contribution in [0.2, 0.25) is 0 Å². The van der Waals surface area contributed by atoms with Crippen LogP contribution in [0.25, 0.3) is 0 Å². The van der Waals surface area contributed by atoms with E-state index in [0.29, 0.717) is 37.5 Å². The summed E-state index contributed by atoms with van der Waals surface area (Å²) in [6, 6.07) is 0.709. The standard InChI is InChI=1S/C15H29N3O2S/c1-2-13-7-9-18(11-13)21(19,20)17-8-3-4-14(12-17)10-16-15-5-6-15/h13-16H,2-12H2,1H3. The molecule has 2 unspecified atom stereocenters. The maximum atomic E-state index is 12.8. The normalized spacial score (nSPS) is 32.6. The molecule has 0 bridgehead atoms. The van der Waals surface area contributed by atoms with Crippen molar-refractivity contribution >= 4 is 10.2 Å². The van der Waals surface area contributed by atoms with Crippen LogP contribution in [0.3, 0.4) is 0 Å². The number of rotatable bonds is 6. The third kappa shape index (κ3) is 3.78. The van der Waals surface area contributed by atoms with Crippen molar-refractivity contribution in [2.24, 2.45) is 11.8 Å². The van der Waals surface area contributed by atoms with Crippen molar-refractivity contribution in [2.45, 2.75) is 51.5 Å². The summed E-state index contributed by atoms with van der Waals surface area (Å²) < 4.78 is 29.0. The minimum absolute atomic E-state index is 0.485. The number of nitrogens with one attached hydrogen (secondary N) is 1. The lowest BCUT2D eigenvalue weighted by atomic mass is 10.00. The van der Waals surface area contributed by atoms with Gasteiger partial charge in [0, 0.05) is 32.2 Å². The second-order valence-corrected chi connectivity index (χ2v) is 8.91. The lowest BCUT2D eigenvalue weighted by Crippen LogP contribution is -2.48. The summed E-state index contributed by atoms with van der Waals surface area (Å²) in [4.78, 5) is 0. The molecule has 5 nitrogen and oxygen atoms in total. The first-order valence-electron chi connectivity index (χ1n) is 8.58. The van der Waals surface area contributed by atoms with Crippen molar-refractivity contribution in [3.05, 3.63) is 0 Å². The Morgan fingerprint density at radius 3 is 2.38 bits per heavy atom. The first kappa shape index (κ1) is 15.7. The van der Waals surface area contributed by atoms with Gasteiger partial charge in [-0.25, -0.2) is 0 Å². The molecule has 1 N–H and O–H groups in total. The summed E-state index contributed by atoms with van der Waals surface area (Å²) in [5.74, 6) is 1.04. The molecule has 3 rings (SSSR count). The number of hydrogen-bond donors (Lipinski definition) is 1. The van der Waals surface area contributed by atoms with Gasteiger partial charge in [0.25, 0.3) is 10.2 Å². The second-order valence-electron chi connectivity index (χ2n) is 6.98. The zero-order valence-electron chi connectivity index (χ0n) is 13.1. The fraction of sp³-hybridized carbons (Fsp3) is 1.00. The lowest BCUT2D eigenvalue weighted by Gasteiger charge is -2.34. The largest absolute Gasteiger partial charge is 0.314 e. The van der Waals surface area contributed by atoms with E-state index in [9.17, 15) is 8.42 Å². The van der Waals surface area contributed by atoms with Crippen molar-refractivity contribution in [1.29, 1.82) is 0 Å². The third-order valence-corrected chi connectivity index (χ3v) is 7.20. The number of nitrogens with zero attached hydrogens (tertiary/aromatic N) is 2. The minimum Gasteiger partial charge on any atom is -0.314 e. The Kier molecular flexibility index (Phi) is 4.88. The third-order valence-electron chi connectivity index (χ3n) is 5.23. The molecule has 0 amide bonds. The first-order valence-corrected chi connectivity index (χ1v) is 9.98. The quantitative estimate of drug-likeness (QED) is 0.807. The molecular formula is C15H29N3O2S. The Morgan fingerprint density at radius 2 is 1.71 bits per heavy atom. The summed E-state index contributed by atoms with van der Waals surface area (Å²) in [7, 11) is -3.22. The molecule has 2 heterocycles. The van der Waals surface area contributed by atoms with E-state index in [0.717, 1.165) is 38.8 Å². The average Bonchev–Trinajstić information content (AvgIpc) is 3.19. The van der Waals surface area contributed by atoms with E-state index < -0.39 is 10.2 Å². The van der Waals surface area contributed by atoms with Crippen LogP contribution in [0, 0.1) is 11.8 Å². The highest BCUT2D eigenvalue weighted by Gasteiger charge is 2.37. The van der Waals surface area contributed by atoms with Gasteiger partial charge in [0.05, 0.1) is 0 Å². The van der Waals surface area contributed by atoms with E-state index in [1.807, 2.05) is 0 Å². The highest BCUT2D eigenvalue weighted by molar-refractivity contribution is 7.86. The Hall–Kier alpha value is -0.170. The average molecular weight is 315 g/mol. The van der Waals surface area contributed by atoms with Gasteiger partial charge in [-0.15, -0.1) is 0 Å². The number of piperidine rings is 1. The molecule has 122 valence electrons. The molecule has 2 saturated heterocycles. The van der Waals surface area contributed by atoms with Gasteiger partial charge in [0.2, 0.25) is 0 Å². The van der Waals surface area contributed by atoms with Crippen LogP contribution in [-0.2, 0) is 10.2 Å². The highest BCUT2D eigenvalue weighted by atomic mass is 32.2. The van der Waals surface area contributed by atoms with Crippen LogP contribution in [0.4, 0.5) is 0 Å². The van der Waals surface area contributed by atoms with Crippen LogP contribution < -0.4 is 5.32 Å². The molecule has 1 saturated carbocycles. The van der Waals surface area contributed by atoms with Crippen LogP contribution in [0.5, 0.6) is 0 Å². The molecule has 3 fully saturated rings. The van der Waals surface area contributed by atoms with Crippen LogP contribution in [-0.4, -0.2) is 55.8 Å². The fourth-order valence-electron chi connectivity index (χ4n) is 3.53. The van der Waals surface area contributed by atoms with Gasteiger partial charge in [-0.3, -0.25) is 0 Å². The maximum absolute atomic E-state index is 12.8. The monoisotopic (exact) mass is 315 g/mol. The fourth-order valence-corrected chi connectivity index (χ4v) is 5.35. The van der Waals surface area contributed by atoms with Crippen molar-refractivity contribution in [2.75, 3.05) is 32.7 Å². The van der Waals surface area contributed by atoms with E-state index in [4.69, 9.17) is 0 Å². The highest BCUT2D eigenvalue weighted by Crippen LogP contribution is 2.27. The van der Waals surface area contributed by atoms with Crippen LogP contribution in [0.15, 0.2) is 0 Å². The van der Waals surface area contributed by atoms with Gasteiger partial charge in [-0.05, 0) is 50.5 Å². The molecule has 0 spiro atoms. The predicted octanol–water partition coefficient (Wildman–Crippen LogP) is 1.43. The van der Waals surface area contributed by atoms with E-state index in [1.165, 1.54) is 12.8 Å². The molecule has 2 aliphatic heterocycles. The molecule has 3 aliphatic rings. The molecule has 1 aliphatic carbocycles. The topological polar surface area (TPSA) is 52.7 Å². The maximum Gasteiger partial charge on any atom is 0.281 e. The molecule has 2 atom stereocenters. The molecule has 6 heteroatoms. The van der Waals surface area contributed by atoms with Crippen molar-refractivity contribution in [1.82, 2.24) is 13.9 Å². The summed E-state index contributed by atoms with van der Waals surface area (Å²) in [5, 5.41) is 3.55. The van der Waals surface area contributed by atoms with Crippen molar-refractivity contribution < 1.29 is 8.42 Å². The Labute approximate surface area is 129 Å². The molecule has 0 aromatic carbocycles. The minimum atomic E-state index is -3.22. The summed E-state index contributed by atoms with van der Waals surface area (Å²) in [6.45, 7) is 5.98. The first-order chi connectivity index (χ1) is 10.1. The van der Waals surface area contributed by atoms with E-state index >= 15 is 0 Å². The summed E-state index contributed by atoms with van der Waals surface area (Å²) >= 11 is 0. The van der Waals surface area contributed by atoms with Crippen molar-refractivity contribution in [3.8, 4) is 0 Å². The SMILES string of the molecule is CCC1CCN(S(=O)(=O)N2CCCC(CNC3CC3)C2)C1. The molecule has 0 radical (unpaired) electrons. The van der Waals surface area contributed by atoms with E-state index in [-0.39, 0.29) is 0 Å². The van der Waals surface area contributed by atoms with Gasteiger partial charge in [-0.1, -0.05) is 13.3 Å². The zero-order valence-corrected chi connectivity index (χ0v) is 13.9. The predicted molar refractivity (Wildman–Crippen MR) is 84.2 cm³/mol. The van der Waals surface area contributed by atoms with Gasteiger partial charge < -0.3 is 5.32 Å². The van der Waals surface area contributed by atoms with Crippen LogP contribution in [0.1, 0.15) is 45.4 Å². The molecule has 0 aromatic rings. The Morgan fingerprint density at radius 1 is 1.00 bits per heavy atom. The van der Waals surface area contributed by atoms with E-state index in [2.05, 4.69) is 12.2 Å². The van der Waals surface area contributed by atoms with Gasteiger partial charge >= 0.3 is 0 Å². The molecule has 21 heavy (non-hydrogen) atoms. The summed E-state index contributed by atoms with van der Waals surface area (Å²) in [5.41, 5.74) is 0. The molecule has 0 aromatic heterocycles. The zero-order chi connectivity index (χ0) is 14.9. The van der Waals surface area contributed by atoms with Crippen molar-refractivity contribution in [3.63, 3.8) is 0 Å². The number of hydrogen-bond acceptors (Lipinski definition) is 3. The second kappa shape index (κ2) is 6.52. The van der Waals surface area contributed by atoms with E-state index in [1.54, 1.807) is 8.61 Å². The summed E-state index contributed by atoms with van der Waals surface area (Å²) in [6.07, 6.45) is 6.85. The smallest absolute Gasteiger partial charge is 0.281 e. The van der Waals surface area contributed by atoms with Gasteiger partial charge in [0.1, 0.15) is 0 Å².